The third kappa shape index (κ3) is 9.24. The number of carbonyl (C=O) groups is 1. The molecule has 1 amide bonds. The van der Waals surface area contributed by atoms with Crippen molar-refractivity contribution in [3.05, 3.63) is 0 Å². The first-order chi connectivity index (χ1) is 8.40. The van der Waals surface area contributed by atoms with Gasteiger partial charge in [0.2, 0.25) is 0 Å². The van der Waals surface area contributed by atoms with E-state index in [4.69, 9.17) is 14.2 Å². The highest BCUT2D eigenvalue weighted by molar-refractivity contribution is 5.68. The van der Waals surface area contributed by atoms with E-state index >= 15 is 0 Å². The van der Waals surface area contributed by atoms with Crippen molar-refractivity contribution in [3.8, 4) is 0 Å². The molecule has 0 saturated carbocycles. The molecule has 5 nitrogen and oxygen atoms in total. The molecule has 0 aromatic carbocycles. The molecule has 0 radical (unpaired) electrons. The first-order valence-electron chi connectivity index (χ1n) is 6.54. The van der Waals surface area contributed by atoms with E-state index in [0.717, 1.165) is 0 Å². The first-order valence-corrected chi connectivity index (χ1v) is 6.54. The van der Waals surface area contributed by atoms with E-state index in [2.05, 4.69) is 0 Å². The van der Waals surface area contributed by atoms with Gasteiger partial charge in [-0.25, -0.2) is 4.79 Å². The number of ether oxygens (including phenoxy) is 3. The molecule has 0 aliphatic rings. The normalized spacial score (nSPS) is 11.4. The molecule has 18 heavy (non-hydrogen) atoms. The van der Waals surface area contributed by atoms with Gasteiger partial charge in [0.15, 0.2) is 0 Å². The van der Waals surface area contributed by atoms with Crippen LogP contribution in [-0.4, -0.2) is 56.1 Å². The largest absolute Gasteiger partial charge is 0.444 e. The van der Waals surface area contributed by atoms with E-state index in [-0.39, 0.29) is 6.09 Å². The van der Waals surface area contributed by atoms with Gasteiger partial charge < -0.3 is 19.1 Å². The quantitative estimate of drug-likeness (QED) is 0.629. The van der Waals surface area contributed by atoms with Crippen molar-refractivity contribution in [2.75, 3.05) is 39.5 Å². The SMILES string of the molecule is CCOCCN(CCOCC)C(=O)OC(C)(C)C. The highest BCUT2D eigenvalue weighted by Crippen LogP contribution is 2.09. The molecule has 0 aliphatic carbocycles. The Kier molecular flexibility index (Phi) is 8.75. The summed E-state index contributed by atoms with van der Waals surface area (Å²) in [4.78, 5) is 13.6. The maximum absolute atomic E-state index is 11.9. The predicted molar refractivity (Wildman–Crippen MR) is 70.8 cm³/mol. The molecule has 0 aromatic heterocycles. The van der Waals surface area contributed by atoms with Crippen molar-refractivity contribution in [1.82, 2.24) is 4.90 Å². The second-order valence-corrected chi connectivity index (χ2v) is 4.86. The molecular formula is C13H27NO4. The molecule has 108 valence electrons. The van der Waals surface area contributed by atoms with E-state index in [1.165, 1.54) is 0 Å². The molecular weight excluding hydrogens is 234 g/mol. The molecule has 0 spiro atoms. The van der Waals surface area contributed by atoms with E-state index < -0.39 is 5.60 Å². The molecule has 0 aliphatic heterocycles. The Balaban J connectivity index is 4.20. The van der Waals surface area contributed by atoms with Gasteiger partial charge in [0.25, 0.3) is 0 Å². The molecule has 5 heteroatoms. The second kappa shape index (κ2) is 9.16. The molecule has 0 aromatic rings. The van der Waals surface area contributed by atoms with Gasteiger partial charge in [0, 0.05) is 26.3 Å². The Labute approximate surface area is 110 Å². The Morgan fingerprint density at radius 3 is 1.78 bits per heavy atom. The van der Waals surface area contributed by atoms with Crippen molar-refractivity contribution in [1.29, 1.82) is 0 Å². The number of hydrogen-bond acceptors (Lipinski definition) is 4. The van der Waals surface area contributed by atoms with Gasteiger partial charge >= 0.3 is 6.09 Å². The van der Waals surface area contributed by atoms with Gasteiger partial charge in [-0.3, -0.25) is 0 Å². The van der Waals surface area contributed by atoms with Crippen LogP contribution in [0.3, 0.4) is 0 Å². The lowest BCUT2D eigenvalue weighted by Gasteiger charge is -2.27. The van der Waals surface area contributed by atoms with Crippen molar-refractivity contribution in [3.63, 3.8) is 0 Å². The summed E-state index contributed by atoms with van der Waals surface area (Å²) in [6.45, 7) is 12.8. The van der Waals surface area contributed by atoms with Crippen LogP contribution in [0.4, 0.5) is 4.79 Å². The number of amides is 1. The number of hydrogen-bond donors (Lipinski definition) is 0. The van der Waals surface area contributed by atoms with Crippen molar-refractivity contribution < 1.29 is 19.0 Å². The van der Waals surface area contributed by atoms with E-state index in [1.807, 2.05) is 34.6 Å². The monoisotopic (exact) mass is 261 g/mol. The summed E-state index contributed by atoms with van der Waals surface area (Å²) >= 11 is 0. The zero-order chi connectivity index (χ0) is 14.0. The van der Waals surface area contributed by atoms with Crippen LogP contribution in [0.1, 0.15) is 34.6 Å². The lowest BCUT2D eigenvalue weighted by Crippen LogP contribution is -2.40. The molecule has 0 N–H and O–H groups in total. The Morgan fingerprint density at radius 2 is 1.44 bits per heavy atom. The molecule has 0 rings (SSSR count). The molecule has 0 fully saturated rings. The maximum Gasteiger partial charge on any atom is 0.410 e. The molecule has 0 heterocycles. The minimum Gasteiger partial charge on any atom is -0.444 e. The summed E-state index contributed by atoms with van der Waals surface area (Å²) < 4.78 is 15.9. The summed E-state index contributed by atoms with van der Waals surface area (Å²) in [6, 6.07) is 0. The molecule has 0 unspecified atom stereocenters. The maximum atomic E-state index is 11.9. The van der Waals surface area contributed by atoms with E-state index in [1.54, 1.807) is 4.90 Å². The van der Waals surface area contributed by atoms with Crippen molar-refractivity contribution in [2.24, 2.45) is 0 Å². The molecule has 0 saturated heterocycles. The average molecular weight is 261 g/mol. The van der Waals surface area contributed by atoms with Crippen LogP contribution in [0.2, 0.25) is 0 Å². The lowest BCUT2D eigenvalue weighted by atomic mass is 10.2. The van der Waals surface area contributed by atoms with Crippen molar-refractivity contribution >= 4 is 6.09 Å². The van der Waals surface area contributed by atoms with Crippen LogP contribution in [0.5, 0.6) is 0 Å². The Bertz CT molecular complexity index is 216. The zero-order valence-corrected chi connectivity index (χ0v) is 12.3. The van der Waals surface area contributed by atoms with Crippen LogP contribution < -0.4 is 0 Å². The summed E-state index contributed by atoms with van der Waals surface area (Å²) in [5.41, 5.74) is -0.480. The predicted octanol–water partition coefficient (Wildman–Crippen LogP) is 2.30. The van der Waals surface area contributed by atoms with E-state index in [0.29, 0.717) is 39.5 Å². The zero-order valence-electron chi connectivity index (χ0n) is 12.3. The molecule has 0 atom stereocenters. The molecule has 0 bridgehead atoms. The highest BCUT2D eigenvalue weighted by Gasteiger charge is 2.21. The van der Waals surface area contributed by atoms with Gasteiger partial charge in [-0.05, 0) is 34.6 Å². The first kappa shape index (κ1) is 17.2. The van der Waals surface area contributed by atoms with Crippen LogP contribution in [0, 0.1) is 0 Å². The fourth-order valence-electron chi connectivity index (χ4n) is 1.26. The topological polar surface area (TPSA) is 48.0 Å². The number of rotatable bonds is 8. The van der Waals surface area contributed by atoms with Gasteiger partial charge in [0.05, 0.1) is 13.2 Å². The second-order valence-electron chi connectivity index (χ2n) is 4.86. The third-order valence-corrected chi connectivity index (χ3v) is 2.07. The number of carbonyl (C=O) groups excluding carboxylic acids is 1. The van der Waals surface area contributed by atoms with Gasteiger partial charge in [-0.15, -0.1) is 0 Å². The van der Waals surface area contributed by atoms with Crippen LogP contribution >= 0.6 is 0 Å². The van der Waals surface area contributed by atoms with Crippen LogP contribution in [-0.2, 0) is 14.2 Å². The Hall–Kier alpha value is -0.810. The minimum absolute atomic E-state index is 0.318. The summed E-state index contributed by atoms with van der Waals surface area (Å²) in [7, 11) is 0. The summed E-state index contributed by atoms with van der Waals surface area (Å²) in [6.07, 6.45) is -0.318. The van der Waals surface area contributed by atoms with E-state index in [9.17, 15) is 4.79 Å². The van der Waals surface area contributed by atoms with Crippen LogP contribution in [0.15, 0.2) is 0 Å². The Morgan fingerprint density at radius 1 is 1.00 bits per heavy atom. The van der Waals surface area contributed by atoms with Gasteiger partial charge in [-0.2, -0.15) is 0 Å². The fraction of sp³-hybridized carbons (Fsp3) is 0.923. The smallest absolute Gasteiger partial charge is 0.410 e. The van der Waals surface area contributed by atoms with Crippen molar-refractivity contribution in [2.45, 2.75) is 40.2 Å². The summed E-state index contributed by atoms with van der Waals surface area (Å²) in [5, 5.41) is 0. The highest BCUT2D eigenvalue weighted by atomic mass is 16.6. The average Bonchev–Trinajstić information content (AvgIpc) is 2.25. The minimum atomic E-state index is -0.480. The van der Waals surface area contributed by atoms with Gasteiger partial charge in [-0.1, -0.05) is 0 Å². The van der Waals surface area contributed by atoms with Gasteiger partial charge in [0.1, 0.15) is 5.60 Å². The third-order valence-electron chi connectivity index (χ3n) is 2.07. The van der Waals surface area contributed by atoms with Crippen LogP contribution in [0.25, 0.3) is 0 Å². The standard InChI is InChI=1S/C13H27NO4/c1-6-16-10-8-14(9-11-17-7-2)12(15)18-13(3,4)5/h6-11H2,1-5H3. The summed E-state index contributed by atoms with van der Waals surface area (Å²) in [5.74, 6) is 0. The fourth-order valence-corrected chi connectivity index (χ4v) is 1.26. The number of nitrogens with zero attached hydrogens (tertiary/aromatic N) is 1. The lowest BCUT2D eigenvalue weighted by molar-refractivity contribution is 0.0111.